The van der Waals surface area contributed by atoms with Gasteiger partial charge in [0.25, 0.3) is 0 Å². The molecule has 0 fully saturated rings. The van der Waals surface area contributed by atoms with Crippen molar-refractivity contribution in [2.24, 2.45) is 0 Å². The fourth-order valence-corrected chi connectivity index (χ4v) is 9.84. The van der Waals surface area contributed by atoms with Crippen LogP contribution in [0.3, 0.4) is 0 Å². The number of hydrogen-bond donors (Lipinski definition) is 0. The molecule has 2 aliphatic rings. The zero-order chi connectivity index (χ0) is 36.0. The highest BCUT2D eigenvalue weighted by molar-refractivity contribution is 6.16. The lowest BCUT2D eigenvalue weighted by Gasteiger charge is -2.17. The van der Waals surface area contributed by atoms with Gasteiger partial charge < -0.3 is 4.57 Å². The largest absolute Gasteiger partial charge is 0.309 e. The summed E-state index contributed by atoms with van der Waals surface area (Å²) in [6.07, 6.45) is 0.967. The molecule has 0 amide bonds. The number of rotatable bonds is 4. The summed E-state index contributed by atoms with van der Waals surface area (Å²) in [6, 6.07) is 72.3. The van der Waals surface area contributed by atoms with E-state index >= 15 is 0 Å². The summed E-state index contributed by atoms with van der Waals surface area (Å²) in [5.74, 6) is 0.198. The molecule has 55 heavy (non-hydrogen) atoms. The minimum atomic E-state index is 0.198. The summed E-state index contributed by atoms with van der Waals surface area (Å²) in [5.41, 5.74) is 21.0. The van der Waals surface area contributed by atoms with Gasteiger partial charge in [-0.1, -0.05) is 164 Å². The van der Waals surface area contributed by atoms with Crippen molar-refractivity contribution < 1.29 is 0 Å². The van der Waals surface area contributed by atoms with Crippen LogP contribution in [-0.2, 0) is 6.42 Å². The van der Waals surface area contributed by atoms with Crippen LogP contribution in [-0.4, -0.2) is 4.57 Å². The first-order chi connectivity index (χ1) is 27.3. The van der Waals surface area contributed by atoms with Crippen LogP contribution in [0.2, 0.25) is 0 Å². The molecule has 256 valence electrons. The second-order valence-corrected chi connectivity index (χ2v) is 15.2. The molecule has 1 unspecified atom stereocenters. The predicted octanol–water partition coefficient (Wildman–Crippen LogP) is 14.0. The van der Waals surface area contributed by atoms with Crippen molar-refractivity contribution in [2.75, 3.05) is 0 Å². The molecule has 10 aromatic rings. The summed E-state index contributed by atoms with van der Waals surface area (Å²) >= 11 is 0. The average molecular weight is 698 g/mol. The van der Waals surface area contributed by atoms with E-state index in [0.29, 0.717) is 0 Å². The van der Waals surface area contributed by atoms with Crippen LogP contribution in [0.5, 0.6) is 0 Å². The predicted molar refractivity (Wildman–Crippen MR) is 230 cm³/mol. The SMILES string of the molecule is c1ccc(-c2cccc(-n3c4ccc(-c5ccc6c(c5)-c5ccccc5C6c5cccc6ccccc56)cc4c4ccc5c(c43)-c3ccccc3C5)c2)cc1. The Bertz CT molecular complexity index is 3170. The third-order valence-corrected chi connectivity index (χ3v) is 12.3. The van der Waals surface area contributed by atoms with Crippen LogP contribution in [0.25, 0.3) is 82.8 Å². The minimum Gasteiger partial charge on any atom is -0.309 e. The van der Waals surface area contributed by atoms with Gasteiger partial charge >= 0.3 is 0 Å². The van der Waals surface area contributed by atoms with Crippen molar-refractivity contribution in [3.63, 3.8) is 0 Å². The first kappa shape index (κ1) is 30.5. The Morgan fingerprint density at radius 2 is 1.07 bits per heavy atom. The van der Waals surface area contributed by atoms with E-state index in [-0.39, 0.29) is 5.92 Å². The van der Waals surface area contributed by atoms with E-state index in [2.05, 4.69) is 199 Å². The van der Waals surface area contributed by atoms with Gasteiger partial charge in [0.15, 0.2) is 0 Å². The van der Waals surface area contributed by atoms with Gasteiger partial charge in [0.2, 0.25) is 0 Å². The Labute approximate surface area is 320 Å². The average Bonchev–Trinajstić information content (AvgIpc) is 3.91. The van der Waals surface area contributed by atoms with E-state index in [0.717, 1.165) is 6.42 Å². The maximum Gasteiger partial charge on any atom is 0.0622 e. The molecular formula is C54H35N. The molecule has 0 aliphatic heterocycles. The van der Waals surface area contributed by atoms with Crippen molar-refractivity contribution in [1.29, 1.82) is 0 Å². The van der Waals surface area contributed by atoms with Gasteiger partial charge in [-0.2, -0.15) is 0 Å². The van der Waals surface area contributed by atoms with Crippen molar-refractivity contribution in [1.82, 2.24) is 4.57 Å². The molecule has 1 aromatic heterocycles. The van der Waals surface area contributed by atoms with Gasteiger partial charge in [-0.3, -0.25) is 0 Å². The molecule has 0 spiro atoms. The van der Waals surface area contributed by atoms with Crippen LogP contribution >= 0.6 is 0 Å². The first-order valence-electron chi connectivity index (χ1n) is 19.3. The van der Waals surface area contributed by atoms with Crippen LogP contribution < -0.4 is 0 Å². The van der Waals surface area contributed by atoms with Gasteiger partial charge in [-0.05, 0) is 114 Å². The molecule has 9 aromatic carbocycles. The van der Waals surface area contributed by atoms with Crippen LogP contribution in [0, 0.1) is 0 Å². The van der Waals surface area contributed by atoms with Gasteiger partial charge in [-0.15, -0.1) is 0 Å². The van der Waals surface area contributed by atoms with Crippen molar-refractivity contribution >= 4 is 32.6 Å². The molecule has 1 heteroatoms. The summed E-state index contributed by atoms with van der Waals surface area (Å²) in [5, 5.41) is 5.18. The zero-order valence-corrected chi connectivity index (χ0v) is 30.2. The molecule has 2 aliphatic carbocycles. The molecule has 0 radical (unpaired) electrons. The maximum absolute atomic E-state index is 2.52. The topological polar surface area (TPSA) is 4.93 Å². The molecular weight excluding hydrogens is 663 g/mol. The van der Waals surface area contributed by atoms with E-state index < -0.39 is 0 Å². The smallest absolute Gasteiger partial charge is 0.0622 e. The Kier molecular flexibility index (Phi) is 6.53. The number of benzene rings is 9. The fourth-order valence-electron chi connectivity index (χ4n) is 9.84. The van der Waals surface area contributed by atoms with Crippen LogP contribution in [0.15, 0.2) is 194 Å². The highest BCUT2D eigenvalue weighted by Gasteiger charge is 2.31. The number of fused-ring (bicyclic) bond motifs is 11. The van der Waals surface area contributed by atoms with Gasteiger partial charge in [-0.25, -0.2) is 0 Å². The monoisotopic (exact) mass is 697 g/mol. The lowest BCUT2D eigenvalue weighted by atomic mass is 9.86. The lowest BCUT2D eigenvalue weighted by molar-refractivity contribution is 1.03. The van der Waals surface area contributed by atoms with Gasteiger partial charge in [0.1, 0.15) is 0 Å². The zero-order valence-electron chi connectivity index (χ0n) is 30.2. The summed E-state index contributed by atoms with van der Waals surface area (Å²) in [4.78, 5) is 0. The van der Waals surface area contributed by atoms with E-state index in [1.54, 1.807) is 0 Å². The Morgan fingerprint density at radius 1 is 0.382 bits per heavy atom. The van der Waals surface area contributed by atoms with Crippen LogP contribution in [0.4, 0.5) is 0 Å². The summed E-state index contributed by atoms with van der Waals surface area (Å²) < 4.78 is 2.52. The number of aromatic nitrogens is 1. The van der Waals surface area contributed by atoms with Crippen molar-refractivity contribution in [2.45, 2.75) is 12.3 Å². The van der Waals surface area contributed by atoms with E-state index in [1.807, 2.05) is 0 Å². The van der Waals surface area contributed by atoms with Gasteiger partial charge in [0, 0.05) is 27.9 Å². The Morgan fingerprint density at radius 3 is 2.02 bits per heavy atom. The van der Waals surface area contributed by atoms with E-state index in [9.17, 15) is 0 Å². The number of hydrogen-bond acceptors (Lipinski definition) is 0. The van der Waals surface area contributed by atoms with Crippen LogP contribution in [0.1, 0.15) is 33.7 Å². The van der Waals surface area contributed by atoms with Crippen molar-refractivity contribution in [3.8, 4) is 50.2 Å². The molecule has 1 nitrogen and oxygen atoms in total. The van der Waals surface area contributed by atoms with Gasteiger partial charge in [0.05, 0.1) is 11.0 Å². The minimum absolute atomic E-state index is 0.198. The lowest BCUT2D eigenvalue weighted by Crippen LogP contribution is -2.00. The molecule has 0 saturated carbocycles. The number of nitrogens with zero attached hydrogens (tertiary/aromatic N) is 1. The van der Waals surface area contributed by atoms with Crippen molar-refractivity contribution in [3.05, 3.63) is 222 Å². The maximum atomic E-state index is 2.52. The molecule has 12 rings (SSSR count). The third kappa shape index (κ3) is 4.54. The molecule has 0 saturated heterocycles. The molecule has 0 N–H and O–H groups in total. The quantitative estimate of drug-likeness (QED) is 0.173. The standard InChI is InChI=1S/C54H35N/c1-2-12-34(13-3-1)36-17-10-18-41(31-36)55-51-29-26-38(33-50(51)48-28-25-40-30-39-15-5-7-20-43(39)52(40)54(48)55)37-24-27-47-49(32-37)44-21-8-9-22-46(44)53(47)45-23-11-16-35-14-4-6-19-42(35)45/h1-29,31-33,53H,30H2. The third-order valence-electron chi connectivity index (χ3n) is 12.3. The molecule has 1 atom stereocenters. The first-order valence-corrected chi connectivity index (χ1v) is 19.3. The Balaban J connectivity index is 1.06. The fraction of sp³-hybridized carbons (Fsp3) is 0.0370. The molecule has 1 heterocycles. The highest BCUT2D eigenvalue weighted by atomic mass is 15.0. The second kappa shape index (κ2) is 11.8. The normalized spacial score (nSPS) is 13.9. The Hall–Kier alpha value is -6.96. The molecule has 0 bridgehead atoms. The summed E-state index contributed by atoms with van der Waals surface area (Å²) in [7, 11) is 0. The van der Waals surface area contributed by atoms with E-state index in [4.69, 9.17) is 0 Å². The second-order valence-electron chi connectivity index (χ2n) is 15.2. The highest BCUT2D eigenvalue weighted by Crippen LogP contribution is 2.51. The van der Waals surface area contributed by atoms with E-state index in [1.165, 1.54) is 111 Å². The summed E-state index contributed by atoms with van der Waals surface area (Å²) in [6.45, 7) is 0.